The molecule has 0 aliphatic heterocycles. The van der Waals surface area contributed by atoms with Crippen LogP contribution in [0, 0.1) is 13.8 Å². The van der Waals surface area contributed by atoms with Crippen LogP contribution in [0.1, 0.15) is 28.2 Å². The molecule has 0 saturated carbocycles. The van der Waals surface area contributed by atoms with Gasteiger partial charge < -0.3 is 24.1 Å². The number of rotatable bonds is 8. The van der Waals surface area contributed by atoms with Gasteiger partial charge in [-0.2, -0.15) is 9.97 Å². The van der Waals surface area contributed by atoms with Crippen molar-refractivity contribution >= 4 is 40.2 Å². The second-order valence-corrected chi connectivity index (χ2v) is 6.89. The monoisotopic (exact) mass is 433 g/mol. The lowest BCUT2D eigenvalue weighted by Crippen LogP contribution is -2.10. The molecule has 1 N–H and O–H groups in total. The zero-order valence-electron chi connectivity index (χ0n) is 17.6. The summed E-state index contributed by atoms with van der Waals surface area (Å²) in [6.07, 6.45) is 0.677. The van der Waals surface area contributed by atoms with E-state index in [4.69, 9.17) is 30.8 Å². The van der Waals surface area contributed by atoms with Gasteiger partial charge in [0.15, 0.2) is 0 Å². The molecule has 2 heterocycles. The first-order chi connectivity index (χ1) is 14.4. The molecule has 10 heteroatoms. The Balaban J connectivity index is 2.23. The number of halogens is 1. The Kier molecular flexibility index (Phi) is 6.61. The van der Waals surface area contributed by atoms with Gasteiger partial charge in [0.05, 0.1) is 49.5 Å². The lowest BCUT2D eigenvalue weighted by molar-refractivity contribution is 0.0602. The number of carbonyl (C=O) groups excluding carboxylic acids is 1. The summed E-state index contributed by atoms with van der Waals surface area (Å²) in [6, 6.07) is 3.66. The van der Waals surface area contributed by atoms with Crippen molar-refractivity contribution in [1.29, 1.82) is 0 Å². The van der Waals surface area contributed by atoms with E-state index in [1.165, 1.54) is 14.2 Å². The van der Waals surface area contributed by atoms with Crippen molar-refractivity contribution in [2.24, 2.45) is 0 Å². The van der Waals surface area contributed by atoms with E-state index >= 15 is 0 Å². The number of nitrogens with zero attached hydrogens (tertiary/aromatic N) is 4. The van der Waals surface area contributed by atoms with E-state index in [0.717, 1.165) is 0 Å². The molecule has 2 aromatic heterocycles. The fourth-order valence-electron chi connectivity index (χ4n) is 3.25. The van der Waals surface area contributed by atoms with Gasteiger partial charge in [-0.15, -0.1) is 11.6 Å². The number of imidazole rings is 1. The summed E-state index contributed by atoms with van der Waals surface area (Å²) in [4.78, 5) is 25.8. The molecule has 3 aromatic rings. The number of methoxy groups -OCH3 is 3. The van der Waals surface area contributed by atoms with Gasteiger partial charge in [-0.05, 0) is 32.4 Å². The standard InChI is InChI=1S/C20H24ClN5O4/c1-11-15(12(2)23-20(22-11)30-5)24-19-25-16-14(28-3)8-7-13(18(27)29-4)17(16)26(19)10-6-9-21/h7-8H,6,9-10H2,1-5H3,(H,24,25). The van der Waals surface area contributed by atoms with Crippen molar-refractivity contribution in [2.45, 2.75) is 26.8 Å². The average molecular weight is 434 g/mol. The van der Waals surface area contributed by atoms with E-state index in [1.54, 1.807) is 19.2 Å². The molecule has 0 saturated heterocycles. The fraction of sp³-hybridized carbons (Fsp3) is 0.400. The molecule has 0 aliphatic carbocycles. The van der Waals surface area contributed by atoms with Crippen molar-refractivity contribution in [1.82, 2.24) is 19.5 Å². The van der Waals surface area contributed by atoms with Crippen LogP contribution in [0.25, 0.3) is 11.0 Å². The summed E-state index contributed by atoms with van der Waals surface area (Å²) in [7, 11) is 4.43. The number of esters is 1. The van der Waals surface area contributed by atoms with Crippen molar-refractivity contribution in [3.8, 4) is 11.8 Å². The topological polar surface area (TPSA) is 100 Å². The zero-order valence-corrected chi connectivity index (χ0v) is 18.3. The molecular weight excluding hydrogens is 410 g/mol. The van der Waals surface area contributed by atoms with E-state index in [-0.39, 0.29) is 0 Å². The Morgan fingerprint density at radius 3 is 2.37 bits per heavy atom. The van der Waals surface area contributed by atoms with Crippen molar-refractivity contribution in [3.05, 3.63) is 29.1 Å². The van der Waals surface area contributed by atoms with Crippen LogP contribution >= 0.6 is 11.6 Å². The highest BCUT2D eigenvalue weighted by atomic mass is 35.5. The Morgan fingerprint density at radius 1 is 1.10 bits per heavy atom. The lowest BCUT2D eigenvalue weighted by atomic mass is 10.1. The van der Waals surface area contributed by atoms with Gasteiger partial charge in [-0.25, -0.2) is 9.78 Å². The third-order valence-electron chi connectivity index (χ3n) is 4.67. The largest absolute Gasteiger partial charge is 0.494 e. The number of anilines is 2. The predicted octanol–water partition coefficient (Wildman–Crippen LogP) is 3.62. The number of hydrogen-bond donors (Lipinski definition) is 1. The minimum atomic E-state index is -0.457. The maximum absolute atomic E-state index is 12.4. The van der Waals surface area contributed by atoms with Crippen molar-refractivity contribution in [2.75, 3.05) is 32.5 Å². The summed E-state index contributed by atoms with van der Waals surface area (Å²) in [6.45, 7) is 4.24. The molecule has 0 atom stereocenters. The summed E-state index contributed by atoms with van der Waals surface area (Å²) in [5.74, 6) is 1.07. The molecule has 30 heavy (non-hydrogen) atoms. The first-order valence-corrected chi connectivity index (χ1v) is 9.86. The first-order valence-electron chi connectivity index (χ1n) is 9.32. The van der Waals surface area contributed by atoms with Crippen LogP contribution in [-0.2, 0) is 11.3 Å². The number of ether oxygens (including phenoxy) is 3. The van der Waals surface area contributed by atoms with Crippen molar-refractivity contribution in [3.63, 3.8) is 0 Å². The highest BCUT2D eigenvalue weighted by Gasteiger charge is 2.23. The van der Waals surface area contributed by atoms with Crippen LogP contribution in [0.5, 0.6) is 11.8 Å². The predicted molar refractivity (Wildman–Crippen MR) is 114 cm³/mol. The smallest absolute Gasteiger partial charge is 0.340 e. The molecule has 1 aromatic carbocycles. The number of nitrogens with one attached hydrogen (secondary N) is 1. The van der Waals surface area contributed by atoms with E-state index in [1.807, 2.05) is 18.4 Å². The van der Waals surface area contributed by atoms with Gasteiger partial charge in [0.1, 0.15) is 11.3 Å². The van der Waals surface area contributed by atoms with Crippen LogP contribution in [0.2, 0.25) is 0 Å². The highest BCUT2D eigenvalue weighted by molar-refractivity contribution is 6.17. The minimum absolute atomic E-state index is 0.292. The average Bonchev–Trinajstić information content (AvgIpc) is 3.11. The molecule has 0 fully saturated rings. The molecular formula is C20H24ClN5O4. The fourth-order valence-corrected chi connectivity index (χ4v) is 3.37. The molecule has 9 nitrogen and oxygen atoms in total. The summed E-state index contributed by atoms with van der Waals surface area (Å²) < 4.78 is 17.5. The van der Waals surface area contributed by atoms with E-state index in [0.29, 0.717) is 70.2 Å². The number of aromatic nitrogens is 4. The third-order valence-corrected chi connectivity index (χ3v) is 4.93. The molecule has 0 amide bonds. The van der Waals surface area contributed by atoms with Crippen LogP contribution in [0.15, 0.2) is 12.1 Å². The Morgan fingerprint density at radius 2 is 1.80 bits per heavy atom. The molecule has 0 radical (unpaired) electrons. The minimum Gasteiger partial charge on any atom is -0.494 e. The quantitative estimate of drug-likeness (QED) is 0.424. The molecule has 0 spiro atoms. The van der Waals surface area contributed by atoms with Gasteiger partial charge in [0, 0.05) is 12.4 Å². The number of hydrogen-bond acceptors (Lipinski definition) is 8. The molecule has 0 unspecified atom stereocenters. The van der Waals surface area contributed by atoms with Gasteiger partial charge >= 0.3 is 12.0 Å². The summed E-state index contributed by atoms with van der Waals surface area (Å²) >= 11 is 5.95. The number of carbonyl (C=O) groups is 1. The maximum Gasteiger partial charge on any atom is 0.340 e. The van der Waals surface area contributed by atoms with Crippen LogP contribution < -0.4 is 14.8 Å². The van der Waals surface area contributed by atoms with E-state index < -0.39 is 5.97 Å². The maximum atomic E-state index is 12.4. The van der Waals surface area contributed by atoms with E-state index in [9.17, 15) is 4.79 Å². The molecule has 3 rings (SSSR count). The normalized spacial score (nSPS) is 10.9. The number of alkyl halides is 1. The third kappa shape index (κ3) is 3.97. The first kappa shape index (κ1) is 21.6. The number of aryl methyl sites for hydroxylation is 3. The second kappa shape index (κ2) is 9.17. The van der Waals surface area contributed by atoms with Crippen LogP contribution in [-0.4, -0.2) is 52.7 Å². The Hall–Kier alpha value is -3.07. The number of fused-ring (bicyclic) bond motifs is 1. The Labute approximate surface area is 179 Å². The lowest BCUT2D eigenvalue weighted by Gasteiger charge is -2.14. The molecule has 0 bridgehead atoms. The van der Waals surface area contributed by atoms with Gasteiger partial charge in [0.2, 0.25) is 5.95 Å². The van der Waals surface area contributed by atoms with Gasteiger partial charge in [-0.1, -0.05) is 0 Å². The number of benzene rings is 1. The zero-order chi connectivity index (χ0) is 21.8. The highest BCUT2D eigenvalue weighted by Crippen LogP contribution is 2.33. The molecule has 0 aliphatic rings. The molecule has 160 valence electrons. The van der Waals surface area contributed by atoms with Gasteiger partial charge in [0.25, 0.3) is 0 Å². The van der Waals surface area contributed by atoms with Crippen LogP contribution in [0.3, 0.4) is 0 Å². The van der Waals surface area contributed by atoms with Gasteiger partial charge in [-0.3, -0.25) is 0 Å². The summed E-state index contributed by atoms with van der Waals surface area (Å²) in [5.41, 5.74) is 3.66. The second-order valence-electron chi connectivity index (χ2n) is 6.51. The van der Waals surface area contributed by atoms with E-state index in [2.05, 4.69) is 15.3 Å². The Bertz CT molecular complexity index is 1060. The van der Waals surface area contributed by atoms with Crippen LogP contribution in [0.4, 0.5) is 11.6 Å². The van der Waals surface area contributed by atoms with Crippen molar-refractivity contribution < 1.29 is 19.0 Å². The summed E-state index contributed by atoms with van der Waals surface area (Å²) in [5, 5.41) is 3.31. The SMILES string of the molecule is COC(=O)c1ccc(OC)c2nc(Nc3c(C)nc(OC)nc3C)n(CCCCl)c12.